The largest absolute Gasteiger partial charge is 0.483 e. The van der Waals surface area contributed by atoms with Crippen molar-refractivity contribution in [3.63, 3.8) is 0 Å². The van der Waals surface area contributed by atoms with Gasteiger partial charge in [0.25, 0.3) is 5.69 Å². The summed E-state index contributed by atoms with van der Waals surface area (Å²) in [7, 11) is 0. The van der Waals surface area contributed by atoms with Gasteiger partial charge in [0, 0.05) is 12.1 Å². The highest BCUT2D eigenvalue weighted by Crippen LogP contribution is 2.32. The SMILES string of the molecule is CC(C)(Oc1ccc([N+](=O)[O-])cc1)c1ccc(Cl)c(Cl)c1. The second-order valence-electron chi connectivity index (χ2n) is 4.99. The molecule has 4 nitrogen and oxygen atoms in total. The van der Waals surface area contributed by atoms with Crippen LogP contribution in [0.2, 0.25) is 10.0 Å². The third-order valence-electron chi connectivity index (χ3n) is 3.04. The molecule has 0 bridgehead atoms. The van der Waals surface area contributed by atoms with Crippen LogP contribution < -0.4 is 4.74 Å². The highest BCUT2D eigenvalue weighted by atomic mass is 35.5. The molecule has 6 heteroatoms. The molecule has 2 rings (SSSR count). The molecule has 0 heterocycles. The van der Waals surface area contributed by atoms with Gasteiger partial charge < -0.3 is 4.74 Å². The van der Waals surface area contributed by atoms with E-state index in [0.29, 0.717) is 15.8 Å². The molecule has 0 fully saturated rings. The van der Waals surface area contributed by atoms with E-state index in [-0.39, 0.29) is 5.69 Å². The quantitative estimate of drug-likeness (QED) is 0.572. The van der Waals surface area contributed by atoms with Crippen LogP contribution in [0.1, 0.15) is 19.4 Å². The number of ether oxygens (including phenoxy) is 1. The van der Waals surface area contributed by atoms with Crippen molar-refractivity contribution in [3.8, 4) is 5.75 Å². The Morgan fingerprint density at radius 2 is 1.67 bits per heavy atom. The summed E-state index contributed by atoms with van der Waals surface area (Å²) in [4.78, 5) is 10.2. The molecule has 2 aromatic carbocycles. The Morgan fingerprint density at radius 3 is 2.19 bits per heavy atom. The normalized spacial score (nSPS) is 11.2. The van der Waals surface area contributed by atoms with Crippen molar-refractivity contribution in [1.82, 2.24) is 0 Å². The van der Waals surface area contributed by atoms with Crippen LogP contribution >= 0.6 is 23.2 Å². The number of rotatable bonds is 4. The minimum Gasteiger partial charge on any atom is -0.483 e. The number of nitro benzene ring substituents is 1. The van der Waals surface area contributed by atoms with Crippen LogP contribution in [0.5, 0.6) is 5.75 Å². The first kappa shape index (κ1) is 15.6. The lowest BCUT2D eigenvalue weighted by atomic mass is 9.98. The maximum absolute atomic E-state index is 10.6. The first-order valence-electron chi connectivity index (χ1n) is 6.18. The first-order valence-corrected chi connectivity index (χ1v) is 6.94. The molecule has 0 saturated carbocycles. The van der Waals surface area contributed by atoms with Gasteiger partial charge in [-0.05, 0) is 43.7 Å². The number of benzene rings is 2. The minimum atomic E-state index is -0.648. The Balaban J connectivity index is 2.23. The molecular weight excluding hydrogens is 313 g/mol. The molecule has 0 atom stereocenters. The molecule has 0 aliphatic heterocycles. The predicted molar refractivity (Wildman–Crippen MR) is 83.2 cm³/mol. The topological polar surface area (TPSA) is 52.4 Å². The van der Waals surface area contributed by atoms with Crippen molar-refractivity contribution in [2.45, 2.75) is 19.4 Å². The Bertz CT molecular complexity index is 669. The number of hydrogen-bond acceptors (Lipinski definition) is 3. The van der Waals surface area contributed by atoms with Gasteiger partial charge in [-0.1, -0.05) is 29.3 Å². The first-order chi connectivity index (χ1) is 9.79. The van der Waals surface area contributed by atoms with E-state index in [1.807, 2.05) is 19.9 Å². The van der Waals surface area contributed by atoms with E-state index < -0.39 is 10.5 Å². The molecule has 0 aromatic heterocycles. The fraction of sp³-hybridized carbons (Fsp3) is 0.200. The molecule has 110 valence electrons. The van der Waals surface area contributed by atoms with E-state index in [4.69, 9.17) is 27.9 Å². The Kier molecular flexibility index (Phi) is 4.40. The summed E-state index contributed by atoms with van der Waals surface area (Å²) in [6.07, 6.45) is 0. The van der Waals surface area contributed by atoms with Gasteiger partial charge >= 0.3 is 0 Å². The highest BCUT2D eigenvalue weighted by molar-refractivity contribution is 6.42. The number of nitro groups is 1. The van der Waals surface area contributed by atoms with Crippen LogP contribution in [0.3, 0.4) is 0 Å². The molecule has 0 spiro atoms. The van der Waals surface area contributed by atoms with E-state index in [1.54, 1.807) is 24.3 Å². The highest BCUT2D eigenvalue weighted by Gasteiger charge is 2.23. The van der Waals surface area contributed by atoms with Gasteiger partial charge in [0.1, 0.15) is 11.4 Å². The van der Waals surface area contributed by atoms with Gasteiger partial charge in [0.2, 0.25) is 0 Å². The van der Waals surface area contributed by atoms with Gasteiger partial charge in [-0.2, -0.15) is 0 Å². The summed E-state index contributed by atoms with van der Waals surface area (Å²) < 4.78 is 5.89. The molecule has 0 aliphatic carbocycles. The van der Waals surface area contributed by atoms with Crippen LogP contribution in [0.15, 0.2) is 42.5 Å². The Hall–Kier alpha value is -1.78. The van der Waals surface area contributed by atoms with E-state index >= 15 is 0 Å². The maximum Gasteiger partial charge on any atom is 0.269 e. The summed E-state index contributed by atoms with van der Waals surface area (Å²) in [5.74, 6) is 0.539. The molecule has 0 unspecified atom stereocenters. The van der Waals surface area contributed by atoms with Crippen LogP contribution in [0.25, 0.3) is 0 Å². The number of halogens is 2. The number of nitrogens with zero attached hydrogens (tertiary/aromatic N) is 1. The van der Waals surface area contributed by atoms with Gasteiger partial charge in [-0.15, -0.1) is 0 Å². The summed E-state index contributed by atoms with van der Waals surface area (Å²) in [5, 5.41) is 11.6. The standard InChI is InChI=1S/C15H13Cl2NO3/c1-15(2,10-3-8-13(16)14(17)9-10)21-12-6-4-11(5-7-12)18(19)20/h3-9H,1-2H3. The third-order valence-corrected chi connectivity index (χ3v) is 3.77. The molecular formula is C15H13Cl2NO3. The molecule has 2 aromatic rings. The van der Waals surface area contributed by atoms with Crippen molar-refractivity contribution in [2.24, 2.45) is 0 Å². The monoisotopic (exact) mass is 325 g/mol. The fourth-order valence-electron chi connectivity index (χ4n) is 1.86. The molecule has 0 saturated heterocycles. The van der Waals surface area contributed by atoms with Crippen molar-refractivity contribution < 1.29 is 9.66 Å². The van der Waals surface area contributed by atoms with Crippen molar-refractivity contribution in [2.75, 3.05) is 0 Å². The van der Waals surface area contributed by atoms with Crippen molar-refractivity contribution in [3.05, 3.63) is 68.2 Å². The van der Waals surface area contributed by atoms with Gasteiger partial charge in [0.05, 0.1) is 15.0 Å². The van der Waals surface area contributed by atoms with E-state index in [9.17, 15) is 10.1 Å². The van der Waals surface area contributed by atoms with Crippen LogP contribution in [-0.2, 0) is 5.60 Å². The van der Waals surface area contributed by atoms with Crippen LogP contribution in [0, 0.1) is 10.1 Å². The Labute approximate surface area is 132 Å². The van der Waals surface area contributed by atoms with Gasteiger partial charge in [-0.25, -0.2) is 0 Å². The molecule has 0 N–H and O–H groups in total. The van der Waals surface area contributed by atoms with Crippen LogP contribution in [0.4, 0.5) is 5.69 Å². The van der Waals surface area contributed by atoms with E-state index in [1.165, 1.54) is 12.1 Å². The second-order valence-corrected chi connectivity index (χ2v) is 5.81. The third kappa shape index (κ3) is 3.65. The van der Waals surface area contributed by atoms with Gasteiger partial charge in [0.15, 0.2) is 0 Å². The fourth-order valence-corrected chi connectivity index (χ4v) is 2.16. The predicted octanol–water partition coefficient (Wildman–Crippen LogP) is 5.22. The average Bonchev–Trinajstić information content (AvgIpc) is 2.42. The van der Waals surface area contributed by atoms with E-state index in [2.05, 4.69) is 0 Å². The number of hydrogen-bond donors (Lipinski definition) is 0. The molecule has 0 radical (unpaired) electrons. The summed E-state index contributed by atoms with van der Waals surface area (Å²) in [5.41, 5.74) is 0.231. The lowest BCUT2D eigenvalue weighted by Crippen LogP contribution is -2.25. The lowest BCUT2D eigenvalue weighted by molar-refractivity contribution is -0.384. The van der Waals surface area contributed by atoms with Crippen molar-refractivity contribution >= 4 is 28.9 Å². The summed E-state index contributed by atoms with van der Waals surface area (Å²) in [6.45, 7) is 3.77. The Morgan fingerprint density at radius 1 is 1.05 bits per heavy atom. The minimum absolute atomic E-state index is 0.0229. The maximum atomic E-state index is 10.6. The molecule has 0 aliphatic rings. The zero-order valence-corrected chi connectivity index (χ0v) is 13.0. The van der Waals surface area contributed by atoms with E-state index in [0.717, 1.165) is 5.56 Å². The van der Waals surface area contributed by atoms with Gasteiger partial charge in [-0.3, -0.25) is 10.1 Å². The number of non-ortho nitro benzene ring substituents is 1. The van der Waals surface area contributed by atoms with Crippen molar-refractivity contribution in [1.29, 1.82) is 0 Å². The second kappa shape index (κ2) is 5.92. The molecule has 21 heavy (non-hydrogen) atoms. The zero-order chi connectivity index (χ0) is 15.6. The average molecular weight is 326 g/mol. The summed E-state index contributed by atoms with van der Waals surface area (Å²) in [6, 6.07) is 11.2. The summed E-state index contributed by atoms with van der Waals surface area (Å²) >= 11 is 11.9. The lowest BCUT2D eigenvalue weighted by Gasteiger charge is -2.27. The zero-order valence-electron chi connectivity index (χ0n) is 11.5. The molecule has 0 amide bonds. The van der Waals surface area contributed by atoms with Crippen LogP contribution in [-0.4, -0.2) is 4.92 Å². The smallest absolute Gasteiger partial charge is 0.269 e.